The molecule has 0 saturated carbocycles. The molecule has 1 atom stereocenters. The first kappa shape index (κ1) is 8.55. The smallest absolute Gasteiger partial charge is 0.180 e. The monoisotopic (exact) mass is 188 g/mol. The number of thiazole rings is 1. The molecule has 0 radical (unpaired) electrons. The van der Waals surface area contributed by atoms with Crippen LogP contribution in [-0.2, 0) is 4.79 Å². The predicted molar refractivity (Wildman–Crippen MR) is 48.8 cm³/mol. The Balaban J connectivity index is 2.81. The molecule has 1 unspecified atom stereocenters. The van der Waals surface area contributed by atoms with Crippen molar-refractivity contribution < 1.29 is 4.79 Å². The van der Waals surface area contributed by atoms with Crippen LogP contribution in [0.5, 0.6) is 0 Å². The van der Waals surface area contributed by atoms with Crippen LogP contribution in [0.4, 0.5) is 5.13 Å². The highest BCUT2D eigenvalue weighted by Gasteiger charge is 2.11. The number of carbonyl (C=O) groups excluding carboxylic acids is 1. The Bertz CT molecular complexity index is 248. The highest BCUT2D eigenvalue weighted by molar-refractivity contribution is 7.99. The molecule has 0 aliphatic carbocycles. The van der Waals surface area contributed by atoms with E-state index in [1.54, 1.807) is 0 Å². The summed E-state index contributed by atoms with van der Waals surface area (Å²) >= 11 is 2.81. The average molecular weight is 188 g/mol. The van der Waals surface area contributed by atoms with Crippen LogP contribution in [0.2, 0.25) is 0 Å². The van der Waals surface area contributed by atoms with Crippen molar-refractivity contribution in [2.24, 2.45) is 0 Å². The van der Waals surface area contributed by atoms with E-state index < -0.39 is 0 Å². The normalized spacial score (nSPS) is 12.8. The zero-order chi connectivity index (χ0) is 8.27. The van der Waals surface area contributed by atoms with Crippen molar-refractivity contribution in [3.8, 4) is 0 Å². The third-order valence-corrected chi connectivity index (χ3v) is 2.76. The molecular weight excluding hydrogens is 180 g/mol. The van der Waals surface area contributed by atoms with Crippen LogP contribution in [0.1, 0.15) is 10.9 Å². The van der Waals surface area contributed by atoms with Crippen LogP contribution in [-0.4, -0.2) is 17.5 Å². The lowest BCUT2D eigenvalue weighted by Crippen LogP contribution is -1.95. The number of hydrogen-bond acceptors (Lipinski definition) is 5. The molecular formula is C6H8N2OS2. The third kappa shape index (κ3) is 1.94. The Labute approximate surface area is 73.0 Å². The summed E-state index contributed by atoms with van der Waals surface area (Å²) in [6.07, 6.45) is 2.74. The van der Waals surface area contributed by atoms with Crippen LogP contribution in [0, 0.1) is 0 Å². The van der Waals surface area contributed by atoms with E-state index in [0.717, 1.165) is 12.0 Å². The summed E-state index contributed by atoms with van der Waals surface area (Å²) in [6.45, 7) is 0. The number of aromatic nitrogens is 1. The number of hydrogen-bond donors (Lipinski definition) is 1. The van der Waals surface area contributed by atoms with Gasteiger partial charge in [0.2, 0.25) is 0 Å². The summed E-state index contributed by atoms with van der Waals surface area (Å²) in [5.41, 5.74) is 6.17. The second-order valence-electron chi connectivity index (χ2n) is 1.90. The van der Waals surface area contributed by atoms with Crippen molar-refractivity contribution in [3.05, 3.63) is 11.1 Å². The summed E-state index contributed by atoms with van der Waals surface area (Å²) in [4.78, 5) is 14.4. The van der Waals surface area contributed by atoms with E-state index in [0.29, 0.717) is 5.13 Å². The van der Waals surface area contributed by atoms with Crippen LogP contribution >= 0.6 is 23.1 Å². The highest BCUT2D eigenvalue weighted by atomic mass is 32.2. The molecule has 0 aliphatic heterocycles. The van der Waals surface area contributed by atoms with Crippen LogP contribution in [0.3, 0.4) is 0 Å². The van der Waals surface area contributed by atoms with E-state index in [1.165, 1.54) is 23.1 Å². The Hall–Kier alpha value is -0.550. The molecule has 1 heterocycles. The number of nitrogen functional groups attached to an aromatic ring is 1. The Morgan fingerprint density at radius 3 is 3.00 bits per heavy atom. The van der Waals surface area contributed by atoms with Gasteiger partial charge < -0.3 is 10.5 Å². The predicted octanol–water partition coefficient (Wildman–Crippen LogP) is 1.33. The van der Waals surface area contributed by atoms with E-state index in [9.17, 15) is 4.79 Å². The molecule has 1 aromatic rings. The van der Waals surface area contributed by atoms with Crippen molar-refractivity contribution in [2.75, 3.05) is 12.0 Å². The van der Waals surface area contributed by atoms with Gasteiger partial charge in [-0.1, -0.05) is 0 Å². The molecule has 0 bridgehead atoms. The summed E-state index contributed by atoms with van der Waals surface area (Å²) in [5, 5.41) is 2.16. The molecule has 0 fully saturated rings. The van der Waals surface area contributed by atoms with Crippen LogP contribution in [0.25, 0.3) is 0 Å². The number of aldehydes is 1. The molecule has 1 aromatic heterocycles. The van der Waals surface area contributed by atoms with E-state index in [1.807, 2.05) is 11.6 Å². The van der Waals surface area contributed by atoms with E-state index >= 15 is 0 Å². The number of nitrogens with zero attached hydrogens (tertiary/aromatic N) is 1. The third-order valence-electron chi connectivity index (χ3n) is 1.21. The first-order chi connectivity index (χ1) is 5.27. The number of anilines is 1. The Kier molecular flexibility index (Phi) is 2.90. The number of rotatable bonds is 3. The lowest BCUT2D eigenvalue weighted by molar-refractivity contribution is -0.107. The number of carbonyl (C=O) groups is 1. The number of nitrogens with two attached hydrogens (primary N) is 1. The van der Waals surface area contributed by atoms with Crippen LogP contribution < -0.4 is 5.73 Å². The maximum absolute atomic E-state index is 10.4. The van der Waals surface area contributed by atoms with E-state index in [-0.39, 0.29) is 5.25 Å². The zero-order valence-electron chi connectivity index (χ0n) is 5.98. The lowest BCUT2D eigenvalue weighted by atomic mass is 10.4. The summed E-state index contributed by atoms with van der Waals surface area (Å²) in [5.74, 6) is 0. The first-order valence-corrected chi connectivity index (χ1v) is 5.13. The van der Waals surface area contributed by atoms with Gasteiger partial charge in [0.1, 0.15) is 11.5 Å². The molecule has 0 aromatic carbocycles. The Morgan fingerprint density at radius 1 is 1.91 bits per heavy atom. The van der Waals surface area contributed by atoms with Gasteiger partial charge in [0.25, 0.3) is 0 Å². The molecule has 11 heavy (non-hydrogen) atoms. The fourth-order valence-corrected chi connectivity index (χ4v) is 1.84. The molecule has 3 nitrogen and oxygen atoms in total. The minimum Gasteiger partial charge on any atom is -0.375 e. The first-order valence-electron chi connectivity index (χ1n) is 2.97. The Morgan fingerprint density at radius 2 is 2.64 bits per heavy atom. The minimum absolute atomic E-state index is 0.163. The lowest BCUT2D eigenvalue weighted by Gasteiger charge is -1.99. The second kappa shape index (κ2) is 3.73. The molecule has 0 spiro atoms. The molecule has 1 rings (SSSR count). The maximum Gasteiger partial charge on any atom is 0.180 e. The summed E-state index contributed by atoms with van der Waals surface area (Å²) in [7, 11) is 0. The second-order valence-corrected chi connectivity index (χ2v) is 3.77. The van der Waals surface area contributed by atoms with Gasteiger partial charge in [-0.3, -0.25) is 0 Å². The fourth-order valence-electron chi connectivity index (χ4n) is 0.677. The zero-order valence-corrected chi connectivity index (χ0v) is 7.61. The van der Waals surface area contributed by atoms with Crippen LogP contribution in [0.15, 0.2) is 5.38 Å². The molecule has 0 aliphatic rings. The fraction of sp³-hybridized carbons (Fsp3) is 0.333. The number of thioether (sulfide) groups is 1. The topological polar surface area (TPSA) is 56.0 Å². The quantitative estimate of drug-likeness (QED) is 0.727. The van der Waals surface area contributed by atoms with Gasteiger partial charge in [0.15, 0.2) is 5.13 Å². The highest BCUT2D eigenvalue weighted by Crippen LogP contribution is 2.25. The van der Waals surface area contributed by atoms with Crippen molar-refractivity contribution in [2.45, 2.75) is 5.25 Å². The van der Waals surface area contributed by atoms with Crippen molar-refractivity contribution in [1.29, 1.82) is 0 Å². The van der Waals surface area contributed by atoms with Gasteiger partial charge in [-0.05, 0) is 6.26 Å². The SMILES string of the molecule is CSC(C=O)c1csc(N)n1. The average Bonchev–Trinajstić information content (AvgIpc) is 2.39. The minimum atomic E-state index is -0.163. The van der Waals surface area contributed by atoms with Gasteiger partial charge >= 0.3 is 0 Å². The molecule has 0 saturated heterocycles. The van der Waals surface area contributed by atoms with Gasteiger partial charge in [-0.25, -0.2) is 4.98 Å². The van der Waals surface area contributed by atoms with Gasteiger partial charge in [-0.2, -0.15) is 0 Å². The molecule has 2 N–H and O–H groups in total. The standard InChI is InChI=1S/C6H8N2OS2/c1-10-5(2-9)4-3-11-6(7)8-4/h2-3,5H,1H3,(H2,7,8). The van der Waals surface area contributed by atoms with Gasteiger partial charge in [-0.15, -0.1) is 23.1 Å². The van der Waals surface area contributed by atoms with Crippen molar-refractivity contribution in [3.63, 3.8) is 0 Å². The largest absolute Gasteiger partial charge is 0.375 e. The van der Waals surface area contributed by atoms with Gasteiger partial charge in [0.05, 0.1) is 5.69 Å². The van der Waals surface area contributed by atoms with E-state index in [2.05, 4.69) is 4.98 Å². The summed E-state index contributed by atoms with van der Waals surface area (Å²) < 4.78 is 0. The van der Waals surface area contributed by atoms with Crippen molar-refractivity contribution in [1.82, 2.24) is 4.98 Å². The maximum atomic E-state index is 10.4. The molecule has 5 heteroatoms. The molecule has 0 amide bonds. The van der Waals surface area contributed by atoms with E-state index in [4.69, 9.17) is 5.73 Å². The summed E-state index contributed by atoms with van der Waals surface area (Å²) in [6, 6.07) is 0. The van der Waals surface area contributed by atoms with Gasteiger partial charge in [0, 0.05) is 5.38 Å². The van der Waals surface area contributed by atoms with Crippen molar-refractivity contribution >= 4 is 34.5 Å². The molecule has 60 valence electrons.